The van der Waals surface area contributed by atoms with Gasteiger partial charge >= 0.3 is 0 Å². The zero-order valence-electron chi connectivity index (χ0n) is 8.39. The van der Waals surface area contributed by atoms with Crippen LogP contribution < -0.4 is 0 Å². The number of hydrogen-bond acceptors (Lipinski definition) is 1. The maximum Gasteiger partial charge on any atom is 0.0438 e. The summed E-state index contributed by atoms with van der Waals surface area (Å²) in [6.07, 6.45) is 2.94. The molecular weight excluding hydrogens is 146 g/mol. The SMILES string of the molecule is CCc1nccc(C)c1C(C)C. The summed E-state index contributed by atoms with van der Waals surface area (Å²) in [5, 5.41) is 0. The van der Waals surface area contributed by atoms with E-state index in [0.29, 0.717) is 5.92 Å². The second kappa shape index (κ2) is 3.70. The lowest BCUT2D eigenvalue weighted by Gasteiger charge is -2.13. The molecule has 1 heterocycles. The van der Waals surface area contributed by atoms with Crippen molar-refractivity contribution in [1.29, 1.82) is 0 Å². The first-order valence-corrected chi connectivity index (χ1v) is 4.61. The smallest absolute Gasteiger partial charge is 0.0438 e. The molecule has 0 aliphatic heterocycles. The molecule has 1 aromatic rings. The summed E-state index contributed by atoms with van der Waals surface area (Å²) >= 11 is 0. The van der Waals surface area contributed by atoms with Crippen LogP contribution in [0.15, 0.2) is 12.3 Å². The molecule has 1 aromatic heterocycles. The van der Waals surface area contributed by atoms with E-state index in [9.17, 15) is 0 Å². The fraction of sp³-hybridized carbons (Fsp3) is 0.545. The summed E-state index contributed by atoms with van der Waals surface area (Å²) in [6.45, 7) is 8.77. The molecule has 0 unspecified atom stereocenters. The lowest BCUT2D eigenvalue weighted by molar-refractivity contribution is 0.814. The molecule has 0 atom stereocenters. The Kier molecular flexibility index (Phi) is 2.85. The van der Waals surface area contributed by atoms with Gasteiger partial charge in [-0.15, -0.1) is 0 Å². The number of rotatable bonds is 2. The monoisotopic (exact) mass is 163 g/mol. The van der Waals surface area contributed by atoms with Crippen LogP contribution in [0.5, 0.6) is 0 Å². The van der Waals surface area contributed by atoms with Crippen molar-refractivity contribution >= 4 is 0 Å². The molecule has 0 saturated carbocycles. The van der Waals surface area contributed by atoms with Crippen LogP contribution in [0.2, 0.25) is 0 Å². The average Bonchev–Trinajstić information content (AvgIpc) is 2.03. The minimum Gasteiger partial charge on any atom is -0.261 e. The summed E-state index contributed by atoms with van der Waals surface area (Å²) in [5.41, 5.74) is 4.06. The van der Waals surface area contributed by atoms with Crippen LogP contribution in [-0.4, -0.2) is 4.98 Å². The van der Waals surface area contributed by atoms with E-state index < -0.39 is 0 Å². The number of nitrogens with zero attached hydrogens (tertiary/aromatic N) is 1. The van der Waals surface area contributed by atoms with Gasteiger partial charge in [0.15, 0.2) is 0 Å². The highest BCUT2D eigenvalue weighted by molar-refractivity contribution is 5.31. The van der Waals surface area contributed by atoms with E-state index in [4.69, 9.17) is 0 Å². The summed E-state index contributed by atoms with van der Waals surface area (Å²) in [5.74, 6) is 0.591. The van der Waals surface area contributed by atoms with Gasteiger partial charge < -0.3 is 0 Å². The summed E-state index contributed by atoms with van der Waals surface area (Å²) in [4.78, 5) is 4.38. The lowest BCUT2D eigenvalue weighted by Crippen LogP contribution is -2.00. The molecule has 1 nitrogen and oxygen atoms in total. The Morgan fingerprint density at radius 3 is 2.50 bits per heavy atom. The third-order valence-corrected chi connectivity index (χ3v) is 2.20. The molecule has 0 radical (unpaired) electrons. The summed E-state index contributed by atoms with van der Waals surface area (Å²) in [6, 6.07) is 2.09. The van der Waals surface area contributed by atoms with Crippen molar-refractivity contribution in [1.82, 2.24) is 4.98 Å². The standard InChI is InChI=1S/C11H17N/c1-5-10-11(8(2)3)9(4)6-7-12-10/h6-8H,5H2,1-4H3. The highest BCUT2D eigenvalue weighted by Gasteiger charge is 2.08. The van der Waals surface area contributed by atoms with Gasteiger partial charge in [-0.05, 0) is 36.5 Å². The normalized spacial score (nSPS) is 10.8. The highest BCUT2D eigenvalue weighted by Crippen LogP contribution is 2.21. The molecule has 0 saturated heterocycles. The molecule has 0 N–H and O–H groups in total. The number of aromatic nitrogens is 1. The lowest BCUT2D eigenvalue weighted by atomic mass is 9.96. The quantitative estimate of drug-likeness (QED) is 0.653. The Bertz CT molecular complexity index is 264. The fourth-order valence-electron chi connectivity index (χ4n) is 1.70. The van der Waals surface area contributed by atoms with Crippen LogP contribution in [-0.2, 0) is 6.42 Å². The zero-order valence-corrected chi connectivity index (χ0v) is 8.39. The van der Waals surface area contributed by atoms with Crippen LogP contribution in [0, 0.1) is 6.92 Å². The predicted molar refractivity (Wildman–Crippen MR) is 52.4 cm³/mol. The van der Waals surface area contributed by atoms with Crippen molar-refractivity contribution in [2.24, 2.45) is 0 Å². The van der Waals surface area contributed by atoms with Crippen LogP contribution in [0.4, 0.5) is 0 Å². The molecular formula is C11H17N. The molecule has 0 aliphatic rings. The molecule has 0 aliphatic carbocycles. The van der Waals surface area contributed by atoms with Gasteiger partial charge in [0.05, 0.1) is 0 Å². The van der Waals surface area contributed by atoms with E-state index in [1.54, 1.807) is 0 Å². The molecule has 1 rings (SSSR count). The van der Waals surface area contributed by atoms with E-state index >= 15 is 0 Å². The van der Waals surface area contributed by atoms with Gasteiger partial charge in [0.25, 0.3) is 0 Å². The highest BCUT2D eigenvalue weighted by atomic mass is 14.7. The molecule has 0 aromatic carbocycles. The van der Waals surface area contributed by atoms with Crippen LogP contribution >= 0.6 is 0 Å². The largest absolute Gasteiger partial charge is 0.261 e. The molecule has 0 spiro atoms. The van der Waals surface area contributed by atoms with Gasteiger partial charge in [0.2, 0.25) is 0 Å². The maximum absolute atomic E-state index is 4.38. The molecule has 66 valence electrons. The van der Waals surface area contributed by atoms with Gasteiger partial charge in [0.1, 0.15) is 0 Å². The van der Waals surface area contributed by atoms with Gasteiger partial charge in [-0.1, -0.05) is 20.8 Å². The molecule has 0 bridgehead atoms. The van der Waals surface area contributed by atoms with Crippen molar-refractivity contribution in [3.63, 3.8) is 0 Å². The fourth-order valence-corrected chi connectivity index (χ4v) is 1.70. The maximum atomic E-state index is 4.38. The minimum atomic E-state index is 0.591. The molecule has 0 amide bonds. The second-order valence-electron chi connectivity index (χ2n) is 3.50. The second-order valence-corrected chi connectivity index (χ2v) is 3.50. The van der Waals surface area contributed by atoms with Gasteiger partial charge in [-0.3, -0.25) is 4.98 Å². The summed E-state index contributed by atoms with van der Waals surface area (Å²) in [7, 11) is 0. The number of hydrogen-bond donors (Lipinski definition) is 0. The molecule has 0 fully saturated rings. The van der Waals surface area contributed by atoms with E-state index in [1.165, 1.54) is 16.8 Å². The predicted octanol–water partition coefficient (Wildman–Crippen LogP) is 3.08. The molecule has 12 heavy (non-hydrogen) atoms. The van der Waals surface area contributed by atoms with Crippen molar-refractivity contribution in [3.8, 4) is 0 Å². The van der Waals surface area contributed by atoms with E-state index in [-0.39, 0.29) is 0 Å². The van der Waals surface area contributed by atoms with Gasteiger partial charge in [-0.2, -0.15) is 0 Å². The van der Waals surface area contributed by atoms with Gasteiger partial charge in [0, 0.05) is 11.9 Å². The van der Waals surface area contributed by atoms with Crippen LogP contribution in [0.3, 0.4) is 0 Å². The van der Waals surface area contributed by atoms with Crippen molar-refractivity contribution < 1.29 is 0 Å². The third kappa shape index (κ3) is 1.66. The summed E-state index contributed by atoms with van der Waals surface area (Å²) < 4.78 is 0. The van der Waals surface area contributed by atoms with Crippen molar-refractivity contribution in [2.75, 3.05) is 0 Å². The number of pyridine rings is 1. The number of aryl methyl sites for hydroxylation is 2. The van der Waals surface area contributed by atoms with Gasteiger partial charge in [-0.25, -0.2) is 0 Å². The third-order valence-electron chi connectivity index (χ3n) is 2.20. The Balaban J connectivity index is 3.20. The zero-order chi connectivity index (χ0) is 9.14. The van der Waals surface area contributed by atoms with Crippen molar-refractivity contribution in [3.05, 3.63) is 29.1 Å². The Hall–Kier alpha value is -0.850. The first kappa shape index (κ1) is 9.24. The van der Waals surface area contributed by atoms with E-state index in [1.807, 2.05) is 6.20 Å². The Labute approximate surface area is 74.8 Å². The van der Waals surface area contributed by atoms with Crippen LogP contribution in [0.1, 0.15) is 43.5 Å². The minimum absolute atomic E-state index is 0.591. The van der Waals surface area contributed by atoms with Crippen molar-refractivity contribution in [2.45, 2.75) is 40.0 Å². The Morgan fingerprint density at radius 1 is 1.42 bits per heavy atom. The van der Waals surface area contributed by atoms with Crippen LogP contribution in [0.25, 0.3) is 0 Å². The topological polar surface area (TPSA) is 12.9 Å². The average molecular weight is 163 g/mol. The first-order chi connectivity index (χ1) is 5.66. The van der Waals surface area contributed by atoms with E-state index in [2.05, 4.69) is 38.7 Å². The Morgan fingerprint density at radius 2 is 2.08 bits per heavy atom. The first-order valence-electron chi connectivity index (χ1n) is 4.61. The van der Waals surface area contributed by atoms with E-state index in [0.717, 1.165) is 6.42 Å². The molecule has 1 heteroatoms.